The topological polar surface area (TPSA) is 75.8 Å². The molecule has 1 amide bonds. The van der Waals surface area contributed by atoms with E-state index < -0.39 is 0 Å². The maximum absolute atomic E-state index is 12.4. The average molecular weight is 266 g/mol. The Balaban J connectivity index is 2.87. The molecule has 0 heterocycles. The molecule has 0 bridgehead atoms. The third-order valence-corrected chi connectivity index (χ3v) is 2.87. The predicted molar refractivity (Wildman–Crippen MR) is 74.3 cm³/mol. The quantitative estimate of drug-likeness (QED) is 0.776. The zero-order valence-corrected chi connectivity index (χ0v) is 11.6. The van der Waals surface area contributed by atoms with Crippen molar-refractivity contribution in [3.8, 4) is 5.75 Å². The number of benzene rings is 1. The summed E-state index contributed by atoms with van der Waals surface area (Å²) in [6.45, 7) is 3.92. The van der Waals surface area contributed by atoms with Crippen molar-refractivity contribution < 1.29 is 14.6 Å². The Labute approximate surface area is 114 Å². The molecule has 1 rings (SSSR count). The van der Waals surface area contributed by atoms with Crippen LogP contribution in [0.2, 0.25) is 0 Å². The van der Waals surface area contributed by atoms with E-state index in [-0.39, 0.29) is 11.7 Å². The van der Waals surface area contributed by atoms with Gasteiger partial charge in [-0.25, -0.2) is 0 Å². The van der Waals surface area contributed by atoms with Crippen molar-refractivity contribution in [2.24, 2.45) is 5.73 Å². The molecular weight excluding hydrogens is 244 g/mol. The molecule has 0 radical (unpaired) electrons. The van der Waals surface area contributed by atoms with E-state index in [0.29, 0.717) is 31.8 Å². The smallest absolute Gasteiger partial charge is 0.257 e. The molecule has 0 aliphatic rings. The molecule has 0 saturated carbocycles. The molecule has 0 spiro atoms. The maximum Gasteiger partial charge on any atom is 0.257 e. The number of nitrogens with zero attached hydrogens (tertiary/aromatic N) is 1. The van der Waals surface area contributed by atoms with Gasteiger partial charge < -0.3 is 20.5 Å². The average Bonchev–Trinajstić information content (AvgIpc) is 2.41. The lowest BCUT2D eigenvalue weighted by atomic mass is 10.1. The number of carbonyl (C=O) groups excluding carboxylic acids is 1. The highest BCUT2D eigenvalue weighted by Crippen LogP contribution is 2.20. The highest BCUT2D eigenvalue weighted by Gasteiger charge is 2.18. The molecular formula is C14H22N2O3. The summed E-state index contributed by atoms with van der Waals surface area (Å²) < 4.78 is 5.00. The van der Waals surface area contributed by atoms with Crippen molar-refractivity contribution in [1.29, 1.82) is 0 Å². The van der Waals surface area contributed by atoms with E-state index in [0.717, 1.165) is 12.0 Å². The summed E-state index contributed by atoms with van der Waals surface area (Å²) >= 11 is 0. The van der Waals surface area contributed by atoms with E-state index >= 15 is 0 Å². The van der Waals surface area contributed by atoms with Crippen LogP contribution >= 0.6 is 0 Å². The number of nitrogens with two attached hydrogens (primary N) is 1. The van der Waals surface area contributed by atoms with E-state index in [4.69, 9.17) is 10.5 Å². The lowest BCUT2D eigenvalue weighted by Crippen LogP contribution is -2.35. The van der Waals surface area contributed by atoms with E-state index in [1.165, 1.54) is 0 Å². The fourth-order valence-corrected chi connectivity index (χ4v) is 1.79. The summed E-state index contributed by atoms with van der Waals surface area (Å²) in [5.41, 5.74) is 6.74. The third-order valence-electron chi connectivity index (χ3n) is 2.87. The molecule has 0 aliphatic heterocycles. The van der Waals surface area contributed by atoms with Gasteiger partial charge in [0.25, 0.3) is 5.91 Å². The summed E-state index contributed by atoms with van der Waals surface area (Å²) in [5, 5.41) is 9.80. The first-order valence-electron chi connectivity index (χ1n) is 6.38. The number of hydrogen-bond donors (Lipinski definition) is 2. The number of carbonyl (C=O) groups is 1. The molecule has 0 saturated heterocycles. The monoisotopic (exact) mass is 266 g/mol. The molecule has 3 N–H and O–H groups in total. The number of amides is 1. The Hall–Kier alpha value is -1.59. The zero-order chi connectivity index (χ0) is 14.3. The normalized spacial score (nSPS) is 10.5. The van der Waals surface area contributed by atoms with E-state index in [1.54, 1.807) is 30.2 Å². The van der Waals surface area contributed by atoms with Crippen LogP contribution in [0, 0.1) is 6.92 Å². The number of aromatic hydroxyl groups is 1. The molecule has 1 aromatic carbocycles. The van der Waals surface area contributed by atoms with Crippen LogP contribution in [-0.4, -0.2) is 49.3 Å². The summed E-state index contributed by atoms with van der Waals surface area (Å²) in [4.78, 5) is 14.1. The maximum atomic E-state index is 12.4. The molecule has 106 valence electrons. The van der Waals surface area contributed by atoms with E-state index in [9.17, 15) is 9.90 Å². The van der Waals surface area contributed by atoms with Crippen LogP contribution in [0.3, 0.4) is 0 Å². The van der Waals surface area contributed by atoms with Gasteiger partial charge in [0.2, 0.25) is 0 Å². The Morgan fingerprint density at radius 2 is 2.16 bits per heavy atom. The molecule has 0 unspecified atom stereocenters. The lowest BCUT2D eigenvalue weighted by Gasteiger charge is -2.22. The number of methoxy groups -OCH3 is 1. The SMILES string of the molecule is COCCN(CCCN)C(=O)c1cc(C)ccc1O. The molecule has 1 aromatic rings. The Morgan fingerprint density at radius 3 is 2.79 bits per heavy atom. The Kier molecular flexibility index (Phi) is 6.32. The number of hydrogen-bond acceptors (Lipinski definition) is 4. The van der Waals surface area contributed by atoms with Crippen molar-refractivity contribution in [1.82, 2.24) is 4.90 Å². The Morgan fingerprint density at radius 1 is 1.42 bits per heavy atom. The van der Waals surface area contributed by atoms with Crippen LogP contribution in [0.5, 0.6) is 5.75 Å². The second kappa shape index (κ2) is 7.76. The van der Waals surface area contributed by atoms with Crippen LogP contribution in [0.4, 0.5) is 0 Å². The van der Waals surface area contributed by atoms with Gasteiger partial charge >= 0.3 is 0 Å². The molecule has 5 heteroatoms. The molecule has 0 aromatic heterocycles. The van der Waals surface area contributed by atoms with Gasteiger partial charge in [0.1, 0.15) is 5.75 Å². The lowest BCUT2D eigenvalue weighted by molar-refractivity contribution is 0.0691. The second-order valence-corrected chi connectivity index (χ2v) is 4.45. The van der Waals surface area contributed by atoms with Crippen molar-refractivity contribution in [2.75, 3.05) is 33.4 Å². The Bertz CT molecular complexity index is 413. The highest BCUT2D eigenvalue weighted by atomic mass is 16.5. The highest BCUT2D eigenvalue weighted by molar-refractivity contribution is 5.97. The van der Waals surface area contributed by atoms with Gasteiger partial charge in [0.15, 0.2) is 0 Å². The third kappa shape index (κ3) is 4.54. The number of phenols is 1. The number of ether oxygens (including phenoxy) is 1. The van der Waals surface area contributed by atoms with Crippen molar-refractivity contribution in [3.63, 3.8) is 0 Å². The zero-order valence-electron chi connectivity index (χ0n) is 11.6. The minimum atomic E-state index is -0.188. The van der Waals surface area contributed by atoms with Crippen molar-refractivity contribution >= 4 is 5.91 Å². The van der Waals surface area contributed by atoms with Crippen LogP contribution in [0.1, 0.15) is 22.3 Å². The summed E-state index contributed by atoms with van der Waals surface area (Å²) in [6, 6.07) is 5.01. The summed E-state index contributed by atoms with van der Waals surface area (Å²) in [6.07, 6.45) is 0.724. The van der Waals surface area contributed by atoms with Crippen LogP contribution in [0.25, 0.3) is 0 Å². The molecule has 19 heavy (non-hydrogen) atoms. The number of rotatable bonds is 7. The molecule has 0 atom stereocenters. The van der Waals surface area contributed by atoms with Crippen LogP contribution in [-0.2, 0) is 4.74 Å². The van der Waals surface area contributed by atoms with Gasteiger partial charge in [-0.05, 0) is 32.0 Å². The second-order valence-electron chi connectivity index (χ2n) is 4.45. The van der Waals surface area contributed by atoms with Gasteiger partial charge in [0, 0.05) is 20.2 Å². The first-order chi connectivity index (χ1) is 9.10. The standard InChI is InChI=1S/C14H22N2O3/c1-11-4-5-13(17)12(10-11)14(18)16(7-3-6-15)8-9-19-2/h4-5,10,17H,3,6-9,15H2,1-2H3. The summed E-state index contributed by atoms with van der Waals surface area (Å²) in [5.74, 6) is -0.183. The molecule has 0 fully saturated rings. The van der Waals surface area contributed by atoms with Gasteiger partial charge in [-0.15, -0.1) is 0 Å². The van der Waals surface area contributed by atoms with Crippen molar-refractivity contribution in [3.05, 3.63) is 29.3 Å². The minimum Gasteiger partial charge on any atom is -0.507 e. The van der Waals surface area contributed by atoms with E-state index in [2.05, 4.69) is 0 Å². The fourth-order valence-electron chi connectivity index (χ4n) is 1.79. The number of aryl methyl sites for hydroxylation is 1. The van der Waals surface area contributed by atoms with Gasteiger partial charge in [-0.2, -0.15) is 0 Å². The first kappa shape index (κ1) is 15.5. The van der Waals surface area contributed by atoms with Crippen LogP contribution < -0.4 is 5.73 Å². The molecule has 5 nitrogen and oxygen atoms in total. The first-order valence-corrected chi connectivity index (χ1v) is 6.38. The van der Waals surface area contributed by atoms with Gasteiger partial charge in [-0.3, -0.25) is 4.79 Å². The fraction of sp³-hybridized carbons (Fsp3) is 0.500. The molecule has 0 aliphatic carbocycles. The summed E-state index contributed by atoms with van der Waals surface area (Å²) in [7, 11) is 1.59. The largest absolute Gasteiger partial charge is 0.507 e. The van der Waals surface area contributed by atoms with Crippen LogP contribution in [0.15, 0.2) is 18.2 Å². The van der Waals surface area contributed by atoms with Crippen molar-refractivity contribution in [2.45, 2.75) is 13.3 Å². The van der Waals surface area contributed by atoms with E-state index in [1.807, 2.05) is 6.92 Å². The van der Waals surface area contributed by atoms with Gasteiger partial charge in [0.05, 0.1) is 12.2 Å². The number of phenolic OH excluding ortho intramolecular Hbond substituents is 1. The van der Waals surface area contributed by atoms with Gasteiger partial charge in [-0.1, -0.05) is 11.6 Å². The minimum absolute atomic E-state index is 0.00534. The predicted octanol–water partition coefficient (Wildman–Crippen LogP) is 1.14.